The van der Waals surface area contributed by atoms with Crippen molar-refractivity contribution >= 4 is 27.6 Å². The summed E-state index contributed by atoms with van der Waals surface area (Å²) in [5.41, 5.74) is 5.25. The van der Waals surface area contributed by atoms with Crippen LogP contribution >= 0.6 is 11.8 Å². The SMILES string of the molecule is CS(=O)(=O)CCCSC[C@H](N)C(=O)O. The lowest BCUT2D eigenvalue weighted by atomic mass is 10.4. The number of hydrogen-bond acceptors (Lipinski definition) is 5. The van der Waals surface area contributed by atoms with Crippen LogP contribution in [0.2, 0.25) is 0 Å². The molecule has 14 heavy (non-hydrogen) atoms. The fourth-order valence-electron chi connectivity index (χ4n) is 0.705. The highest BCUT2D eigenvalue weighted by molar-refractivity contribution is 7.99. The van der Waals surface area contributed by atoms with E-state index in [2.05, 4.69) is 0 Å². The van der Waals surface area contributed by atoms with Gasteiger partial charge < -0.3 is 10.8 Å². The minimum Gasteiger partial charge on any atom is -0.480 e. The largest absolute Gasteiger partial charge is 0.480 e. The highest BCUT2D eigenvalue weighted by Crippen LogP contribution is 2.05. The fourth-order valence-corrected chi connectivity index (χ4v) is 2.47. The molecule has 0 bridgehead atoms. The molecule has 3 N–H and O–H groups in total. The predicted molar refractivity (Wildman–Crippen MR) is 57.3 cm³/mol. The summed E-state index contributed by atoms with van der Waals surface area (Å²) in [5.74, 6) is 0.0516. The first-order valence-electron chi connectivity index (χ1n) is 4.07. The first-order chi connectivity index (χ1) is 6.33. The molecule has 0 aliphatic heterocycles. The Balaban J connectivity index is 3.44. The van der Waals surface area contributed by atoms with Crippen LogP contribution < -0.4 is 5.73 Å². The van der Waals surface area contributed by atoms with Gasteiger partial charge in [-0.3, -0.25) is 4.79 Å². The van der Waals surface area contributed by atoms with Gasteiger partial charge in [-0.25, -0.2) is 8.42 Å². The molecule has 0 spiro atoms. The van der Waals surface area contributed by atoms with E-state index < -0.39 is 21.8 Å². The molecule has 0 aliphatic carbocycles. The zero-order chi connectivity index (χ0) is 11.2. The van der Waals surface area contributed by atoms with Crippen LogP contribution in [-0.2, 0) is 14.6 Å². The molecule has 0 rings (SSSR count). The van der Waals surface area contributed by atoms with Crippen molar-refractivity contribution in [2.75, 3.05) is 23.5 Å². The van der Waals surface area contributed by atoms with Crippen LogP contribution in [0.5, 0.6) is 0 Å². The van der Waals surface area contributed by atoms with E-state index in [4.69, 9.17) is 10.8 Å². The number of thioether (sulfide) groups is 1. The van der Waals surface area contributed by atoms with Crippen molar-refractivity contribution in [3.05, 3.63) is 0 Å². The molecule has 0 aliphatic rings. The Kier molecular flexibility index (Phi) is 6.14. The van der Waals surface area contributed by atoms with E-state index in [9.17, 15) is 13.2 Å². The van der Waals surface area contributed by atoms with Crippen molar-refractivity contribution in [2.45, 2.75) is 12.5 Å². The maximum Gasteiger partial charge on any atom is 0.321 e. The van der Waals surface area contributed by atoms with Crippen LogP contribution in [-0.4, -0.2) is 49.0 Å². The summed E-state index contributed by atoms with van der Waals surface area (Å²) in [6.45, 7) is 0. The number of carbonyl (C=O) groups is 1. The first-order valence-corrected chi connectivity index (χ1v) is 7.28. The molecule has 0 radical (unpaired) electrons. The Morgan fingerprint density at radius 1 is 1.57 bits per heavy atom. The highest BCUT2D eigenvalue weighted by Gasteiger charge is 2.10. The summed E-state index contributed by atoms with van der Waals surface area (Å²) in [6.07, 6.45) is 1.72. The van der Waals surface area contributed by atoms with Crippen molar-refractivity contribution < 1.29 is 18.3 Å². The third kappa shape index (κ3) is 8.33. The Hall–Kier alpha value is -0.270. The summed E-state index contributed by atoms with van der Waals surface area (Å²) in [4.78, 5) is 10.3. The van der Waals surface area contributed by atoms with E-state index in [1.54, 1.807) is 0 Å². The first kappa shape index (κ1) is 13.7. The zero-order valence-corrected chi connectivity index (χ0v) is 9.60. The van der Waals surface area contributed by atoms with E-state index in [1.807, 2.05) is 0 Å². The monoisotopic (exact) mass is 241 g/mol. The van der Waals surface area contributed by atoms with Crippen LogP contribution in [0.1, 0.15) is 6.42 Å². The topological polar surface area (TPSA) is 97.5 Å². The lowest BCUT2D eigenvalue weighted by Crippen LogP contribution is -2.32. The molecule has 0 saturated carbocycles. The van der Waals surface area contributed by atoms with Crippen LogP contribution in [0.3, 0.4) is 0 Å². The van der Waals surface area contributed by atoms with Crippen molar-refractivity contribution in [2.24, 2.45) is 5.73 Å². The van der Waals surface area contributed by atoms with Gasteiger partial charge in [0.15, 0.2) is 0 Å². The summed E-state index contributed by atoms with van der Waals surface area (Å²) < 4.78 is 21.4. The quantitative estimate of drug-likeness (QED) is 0.587. The summed E-state index contributed by atoms with van der Waals surface area (Å²) in [7, 11) is -2.90. The third-order valence-corrected chi connectivity index (χ3v) is 3.62. The maximum absolute atomic E-state index is 10.7. The molecule has 84 valence electrons. The fraction of sp³-hybridized carbons (Fsp3) is 0.857. The van der Waals surface area contributed by atoms with Gasteiger partial charge >= 0.3 is 5.97 Å². The van der Waals surface area contributed by atoms with Gasteiger partial charge in [-0.05, 0) is 12.2 Å². The van der Waals surface area contributed by atoms with Gasteiger partial charge in [-0.1, -0.05) is 0 Å². The van der Waals surface area contributed by atoms with Crippen molar-refractivity contribution in [1.82, 2.24) is 0 Å². The lowest BCUT2D eigenvalue weighted by Gasteiger charge is -2.05. The van der Waals surface area contributed by atoms with Crippen molar-refractivity contribution in [3.8, 4) is 0 Å². The molecular formula is C7H15NO4S2. The number of carboxylic acids is 1. The molecule has 7 heteroatoms. The predicted octanol–water partition coefficient (Wildman–Crippen LogP) is -0.434. The Morgan fingerprint density at radius 2 is 2.14 bits per heavy atom. The normalized spacial score (nSPS) is 13.9. The number of hydrogen-bond donors (Lipinski definition) is 2. The van der Waals surface area contributed by atoms with E-state index in [-0.39, 0.29) is 5.75 Å². The second kappa shape index (κ2) is 6.26. The number of rotatable bonds is 7. The number of nitrogens with two attached hydrogens (primary N) is 1. The van der Waals surface area contributed by atoms with E-state index in [0.717, 1.165) is 0 Å². The molecule has 0 unspecified atom stereocenters. The third-order valence-electron chi connectivity index (χ3n) is 1.42. The lowest BCUT2D eigenvalue weighted by molar-refractivity contribution is -0.137. The Labute approximate surface area is 88.0 Å². The maximum atomic E-state index is 10.7. The second-order valence-electron chi connectivity index (χ2n) is 3.00. The Morgan fingerprint density at radius 3 is 2.57 bits per heavy atom. The Bertz CT molecular complexity index is 275. The summed E-state index contributed by atoms with van der Waals surface area (Å²) in [5, 5.41) is 8.43. The molecule has 0 aromatic carbocycles. The molecule has 1 atom stereocenters. The van der Waals surface area contributed by atoms with E-state index >= 15 is 0 Å². The molecule has 0 heterocycles. The minimum absolute atomic E-state index is 0.141. The molecule has 0 amide bonds. The molecule has 0 aromatic heterocycles. The summed E-state index contributed by atoms with van der Waals surface area (Å²) >= 11 is 1.36. The highest BCUT2D eigenvalue weighted by atomic mass is 32.2. The molecule has 0 aromatic rings. The minimum atomic E-state index is -2.90. The van der Waals surface area contributed by atoms with Gasteiger partial charge in [0.25, 0.3) is 0 Å². The number of carboxylic acid groups (broad SMARTS) is 1. The summed E-state index contributed by atoms with van der Waals surface area (Å²) in [6, 6.07) is -0.863. The number of aliphatic carboxylic acids is 1. The average Bonchev–Trinajstić information content (AvgIpc) is 2.01. The van der Waals surface area contributed by atoms with Crippen LogP contribution in [0.25, 0.3) is 0 Å². The molecule has 0 fully saturated rings. The second-order valence-corrected chi connectivity index (χ2v) is 6.41. The van der Waals surface area contributed by atoms with Gasteiger partial charge in [0.2, 0.25) is 0 Å². The van der Waals surface area contributed by atoms with Gasteiger partial charge in [0.05, 0.1) is 5.75 Å². The van der Waals surface area contributed by atoms with Crippen molar-refractivity contribution in [3.63, 3.8) is 0 Å². The smallest absolute Gasteiger partial charge is 0.321 e. The standard InChI is InChI=1S/C7H15NO4S2/c1-14(11,12)4-2-3-13-5-6(8)7(9)10/h6H,2-5,8H2,1H3,(H,9,10)/t6-/m0/s1. The van der Waals surface area contributed by atoms with Gasteiger partial charge in [-0.2, -0.15) is 11.8 Å². The van der Waals surface area contributed by atoms with Crippen LogP contribution in [0.4, 0.5) is 0 Å². The van der Waals surface area contributed by atoms with Gasteiger partial charge in [0, 0.05) is 12.0 Å². The van der Waals surface area contributed by atoms with Crippen LogP contribution in [0, 0.1) is 0 Å². The van der Waals surface area contributed by atoms with Crippen molar-refractivity contribution in [1.29, 1.82) is 0 Å². The van der Waals surface area contributed by atoms with Gasteiger partial charge in [0.1, 0.15) is 15.9 Å². The molecule has 0 saturated heterocycles. The number of sulfone groups is 1. The zero-order valence-electron chi connectivity index (χ0n) is 7.97. The molecular weight excluding hydrogens is 226 g/mol. The van der Waals surface area contributed by atoms with Crippen LogP contribution in [0.15, 0.2) is 0 Å². The molecule has 5 nitrogen and oxygen atoms in total. The van der Waals surface area contributed by atoms with E-state index in [0.29, 0.717) is 17.9 Å². The average molecular weight is 241 g/mol. The van der Waals surface area contributed by atoms with Gasteiger partial charge in [-0.15, -0.1) is 0 Å². The van der Waals surface area contributed by atoms with E-state index in [1.165, 1.54) is 18.0 Å².